The highest BCUT2D eigenvalue weighted by Crippen LogP contribution is 2.35. The lowest BCUT2D eigenvalue weighted by atomic mass is 9.87. The number of ether oxygens (including phenoxy) is 1. The van der Waals surface area contributed by atoms with E-state index in [0.29, 0.717) is 16.9 Å². The first-order valence-corrected chi connectivity index (χ1v) is 5.93. The van der Waals surface area contributed by atoms with Gasteiger partial charge in [0.2, 0.25) is 0 Å². The second kappa shape index (κ2) is 4.97. The summed E-state index contributed by atoms with van der Waals surface area (Å²) in [5.74, 6) is 0.0734. The minimum Gasteiger partial charge on any atom is -0.496 e. The number of pyridine rings is 1. The van der Waals surface area contributed by atoms with Crippen molar-refractivity contribution >= 4 is 0 Å². The predicted octanol–water partition coefficient (Wildman–Crippen LogP) is 2.79. The topological polar surface area (TPSA) is 42.4 Å². The van der Waals surface area contributed by atoms with Gasteiger partial charge in [-0.1, -0.05) is 11.6 Å². The van der Waals surface area contributed by atoms with Crippen molar-refractivity contribution in [3.63, 3.8) is 0 Å². The van der Waals surface area contributed by atoms with Gasteiger partial charge >= 0.3 is 0 Å². The van der Waals surface area contributed by atoms with Crippen LogP contribution in [0.3, 0.4) is 0 Å². The van der Waals surface area contributed by atoms with Crippen LogP contribution < -0.4 is 4.74 Å². The summed E-state index contributed by atoms with van der Waals surface area (Å²) >= 11 is 0. The third kappa shape index (κ3) is 2.58. The second-order valence-corrected chi connectivity index (χ2v) is 4.67. The molecule has 1 N–H and O–H groups in total. The van der Waals surface area contributed by atoms with Gasteiger partial charge in [-0.15, -0.1) is 0 Å². The van der Waals surface area contributed by atoms with Gasteiger partial charge < -0.3 is 9.84 Å². The quantitative estimate of drug-likeness (QED) is 0.923. The number of methoxy groups -OCH3 is 1. The average Bonchev–Trinajstić information content (AvgIpc) is 2.38. The molecule has 0 radical (unpaired) electrons. The molecular formula is C15H16FNO2. The molecule has 1 atom stereocenters. The number of aliphatic hydroxyl groups is 1. The van der Waals surface area contributed by atoms with Crippen molar-refractivity contribution in [2.45, 2.75) is 19.4 Å². The van der Waals surface area contributed by atoms with E-state index in [9.17, 15) is 9.50 Å². The maximum atomic E-state index is 13.3. The molecule has 3 nitrogen and oxygen atoms in total. The summed E-state index contributed by atoms with van der Waals surface area (Å²) in [7, 11) is 1.54. The van der Waals surface area contributed by atoms with Crippen LogP contribution in [0.5, 0.6) is 5.75 Å². The molecule has 0 aliphatic rings. The number of hydrogen-bond donors (Lipinski definition) is 1. The third-order valence-corrected chi connectivity index (χ3v) is 3.15. The van der Waals surface area contributed by atoms with Crippen LogP contribution in [0, 0.1) is 12.7 Å². The smallest absolute Gasteiger partial charge is 0.141 e. The summed E-state index contributed by atoms with van der Waals surface area (Å²) in [6, 6.07) is 6.77. The van der Waals surface area contributed by atoms with Gasteiger partial charge in [0.25, 0.3) is 0 Å². The Bertz CT molecular complexity index is 596. The highest BCUT2D eigenvalue weighted by molar-refractivity contribution is 5.45. The van der Waals surface area contributed by atoms with Crippen LogP contribution in [-0.4, -0.2) is 17.2 Å². The summed E-state index contributed by atoms with van der Waals surface area (Å²) < 4.78 is 18.5. The summed E-state index contributed by atoms with van der Waals surface area (Å²) in [6.07, 6.45) is 2.55. The molecule has 0 fully saturated rings. The van der Waals surface area contributed by atoms with E-state index in [4.69, 9.17) is 4.74 Å². The molecule has 1 unspecified atom stereocenters. The number of halogens is 1. The monoisotopic (exact) mass is 261 g/mol. The van der Waals surface area contributed by atoms with Crippen LogP contribution in [0.2, 0.25) is 0 Å². The van der Waals surface area contributed by atoms with E-state index in [1.165, 1.54) is 19.4 Å². The Morgan fingerprint density at radius 3 is 2.63 bits per heavy atom. The Morgan fingerprint density at radius 1 is 1.26 bits per heavy atom. The Labute approximate surface area is 111 Å². The number of aryl methyl sites for hydroxylation is 1. The minimum atomic E-state index is -1.37. The largest absolute Gasteiger partial charge is 0.496 e. The molecular weight excluding hydrogens is 245 g/mol. The van der Waals surface area contributed by atoms with Gasteiger partial charge in [0.15, 0.2) is 0 Å². The zero-order valence-electron chi connectivity index (χ0n) is 11.1. The van der Waals surface area contributed by atoms with Gasteiger partial charge in [-0.25, -0.2) is 4.39 Å². The molecule has 0 spiro atoms. The number of hydrogen-bond acceptors (Lipinski definition) is 3. The molecule has 0 saturated heterocycles. The van der Waals surface area contributed by atoms with E-state index in [-0.39, 0.29) is 0 Å². The number of nitrogens with zero attached hydrogens (tertiary/aromatic N) is 1. The Hall–Kier alpha value is -1.94. The molecule has 2 rings (SSSR count). The molecule has 1 aromatic heterocycles. The second-order valence-electron chi connectivity index (χ2n) is 4.67. The number of aromatic nitrogens is 1. The Kier molecular flexibility index (Phi) is 3.53. The first kappa shape index (κ1) is 13.5. The van der Waals surface area contributed by atoms with Crippen molar-refractivity contribution in [1.82, 2.24) is 4.98 Å². The van der Waals surface area contributed by atoms with E-state index in [0.717, 1.165) is 11.8 Å². The molecule has 2 aromatic rings. The lowest BCUT2D eigenvalue weighted by molar-refractivity contribution is 0.0981. The van der Waals surface area contributed by atoms with Crippen molar-refractivity contribution in [1.29, 1.82) is 0 Å². The molecule has 1 heterocycles. The number of rotatable bonds is 3. The van der Waals surface area contributed by atoms with Gasteiger partial charge in [-0.05, 0) is 32.0 Å². The molecule has 1 aromatic carbocycles. The molecule has 0 bridgehead atoms. The van der Waals surface area contributed by atoms with E-state index < -0.39 is 11.4 Å². The highest BCUT2D eigenvalue weighted by atomic mass is 19.1. The van der Waals surface area contributed by atoms with Crippen LogP contribution in [0.25, 0.3) is 0 Å². The normalized spacial score (nSPS) is 13.9. The third-order valence-electron chi connectivity index (χ3n) is 3.15. The Morgan fingerprint density at radius 2 is 2.00 bits per heavy atom. The van der Waals surface area contributed by atoms with E-state index in [2.05, 4.69) is 4.98 Å². The van der Waals surface area contributed by atoms with Gasteiger partial charge in [0.05, 0.1) is 13.3 Å². The van der Waals surface area contributed by atoms with Crippen molar-refractivity contribution < 1.29 is 14.2 Å². The summed E-state index contributed by atoms with van der Waals surface area (Å²) in [6.45, 7) is 3.52. The fourth-order valence-electron chi connectivity index (χ4n) is 2.04. The van der Waals surface area contributed by atoms with Gasteiger partial charge in [0.1, 0.15) is 17.2 Å². The fraction of sp³-hybridized carbons (Fsp3) is 0.267. The van der Waals surface area contributed by atoms with Crippen molar-refractivity contribution in [2.24, 2.45) is 0 Å². The average molecular weight is 261 g/mol. The zero-order chi connectivity index (χ0) is 14.0. The van der Waals surface area contributed by atoms with Gasteiger partial charge in [0, 0.05) is 17.3 Å². The maximum absolute atomic E-state index is 13.3. The molecule has 0 saturated carbocycles. The molecule has 4 heteroatoms. The first-order valence-electron chi connectivity index (χ1n) is 5.93. The van der Waals surface area contributed by atoms with Crippen LogP contribution in [0.15, 0.2) is 36.7 Å². The van der Waals surface area contributed by atoms with Crippen LogP contribution in [0.1, 0.15) is 23.6 Å². The van der Waals surface area contributed by atoms with Crippen LogP contribution in [-0.2, 0) is 5.60 Å². The van der Waals surface area contributed by atoms with Crippen LogP contribution >= 0.6 is 0 Å². The molecule has 0 aliphatic heterocycles. The van der Waals surface area contributed by atoms with E-state index >= 15 is 0 Å². The molecule has 0 aliphatic carbocycles. The first-order chi connectivity index (χ1) is 8.95. The molecule has 100 valence electrons. The SMILES string of the molecule is COc1ccc(C)cc1C(C)(O)c1cncc(F)c1. The lowest BCUT2D eigenvalue weighted by Gasteiger charge is -2.26. The van der Waals surface area contributed by atoms with Crippen LogP contribution in [0.4, 0.5) is 4.39 Å². The Balaban J connectivity index is 2.58. The highest BCUT2D eigenvalue weighted by Gasteiger charge is 2.29. The van der Waals surface area contributed by atoms with Gasteiger partial charge in [-0.3, -0.25) is 4.98 Å². The molecule has 19 heavy (non-hydrogen) atoms. The van der Waals surface area contributed by atoms with Gasteiger partial charge in [-0.2, -0.15) is 0 Å². The summed E-state index contributed by atoms with van der Waals surface area (Å²) in [5, 5.41) is 10.7. The lowest BCUT2D eigenvalue weighted by Crippen LogP contribution is -2.24. The van der Waals surface area contributed by atoms with E-state index in [1.54, 1.807) is 13.0 Å². The van der Waals surface area contributed by atoms with Crippen molar-refractivity contribution in [3.8, 4) is 5.75 Å². The zero-order valence-corrected chi connectivity index (χ0v) is 11.1. The van der Waals surface area contributed by atoms with Crippen molar-refractivity contribution in [3.05, 3.63) is 59.2 Å². The van der Waals surface area contributed by atoms with E-state index in [1.807, 2.05) is 19.1 Å². The summed E-state index contributed by atoms with van der Waals surface area (Å²) in [4.78, 5) is 3.78. The minimum absolute atomic E-state index is 0.386. The standard InChI is InChI=1S/C15H16FNO2/c1-10-4-5-14(19-3)13(6-10)15(2,18)11-7-12(16)9-17-8-11/h4-9,18H,1-3H3. The number of benzene rings is 1. The summed E-state index contributed by atoms with van der Waals surface area (Å²) in [5.41, 5.74) is 0.589. The predicted molar refractivity (Wildman–Crippen MR) is 70.6 cm³/mol. The molecule has 0 amide bonds. The fourth-order valence-corrected chi connectivity index (χ4v) is 2.04. The van der Waals surface area contributed by atoms with Crippen molar-refractivity contribution in [2.75, 3.05) is 7.11 Å². The maximum Gasteiger partial charge on any atom is 0.141 e.